The fourth-order valence-corrected chi connectivity index (χ4v) is 1.67. The topological polar surface area (TPSA) is 29.1 Å². The second kappa shape index (κ2) is 3.86. The highest BCUT2D eigenvalue weighted by molar-refractivity contribution is 7.98. The van der Waals surface area contributed by atoms with Crippen molar-refractivity contribution in [3.05, 3.63) is 0 Å². The molecule has 2 nitrogen and oxygen atoms in total. The summed E-state index contributed by atoms with van der Waals surface area (Å²) in [5.74, 6) is 1.39. The van der Waals surface area contributed by atoms with Crippen LogP contribution in [0, 0.1) is 0 Å². The van der Waals surface area contributed by atoms with Gasteiger partial charge in [0, 0.05) is 12.5 Å². The Kier molecular flexibility index (Phi) is 3.06. The van der Waals surface area contributed by atoms with Gasteiger partial charge in [0.05, 0.1) is 0 Å². The average molecular weight is 159 g/mol. The Morgan fingerprint density at radius 3 is 3.10 bits per heavy atom. The van der Waals surface area contributed by atoms with Gasteiger partial charge in [0.1, 0.15) is 0 Å². The number of nitrogens with one attached hydrogen (secondary N) is 1. The average Bonchev–Trinajstić information content (AvgIpc) is 2.31. The molecule has 0 bridgehead atoms. The zero-order chi connectivity index (χ0) is 7.40. The van der Waals surface area contributed by atoms with Crippen LogP contribution in [0.1, 0.15) is 19.3 Å². The van der Waals surface area contributed by atoms with Crippen molar-refractivity contribution in [2.45, 2.75) is 25.3 Å². The lowest BCUT2D eigenvalue weighted by Crippen LogP contribution is -2.25. The SMILES string of the molecule is CSCC[C@@H]1CCC(=O)N1. The van der Waals surface area contributed by atoms with Crippen LogP contribution in [-0.4, -0.2) is 24.0 Å². The van der Waals surface area contributed by atoms with Gasteiger partial charge in [-0.2, -0.15) is 11.8 Å². The van der Waals surface area contributed by atoms with Crippen molar-refractivity contribution in [2.24, 2.45) is 0 Å². The maximum Gasteiger partial charge on any atom is 0.220 e. The quantitative estimate of drug-likeness (QED) is 0.666. The van der Waals surface area contributed by atoms with Crippen LogP contribution in [0.25, 0.3) is 0 Å². The lowest BCUT2D eigenvalue weighted by Gasteiger charge is -2.06. The van der Waals surface area contributed by atoms with Crippen LogP contribution in [0.4, 0.5) is 0 Å². The maximum absolute atomic E-state index is 10.7. The number of carbonyl (C=O) groups excluding carboxylic acids is 1. The van der Waals surface area contributed by atoms with Crippen molar-refractivity contribution in [3.8, 4) is 0 Å². The van der Waals surface area contributed by atoms with Crippen molar-refractivity contribution in [1.29, 1.82) is 0 Å². The molecule has 58 valence electrons. The first kappa shape index (κ1) is 7.92. The molecular weight excluding hydrogens is 146 g/mol. The summed E-state index contributed by atoms with van der Waals surface area (Å²) in [5, 5.41) is 2.94. The number of rotatable bonds is 3. The van der Waals surface area contributed by atoms with Crippen LogP contribution in [0.2, 0.25) is 0 Å². The van der Waals surface area contributed by atoms with Crippen LogP contribution < -0.4 is 5.32 Å². The summed E-state index contributed by atoms with van der Waals surface area (Å²) < 4.78 is 0. The first-order valence-electron chi connectivity index (χ1n) is 3.61. The van der Waals surface area contributed by atoms with Gasteiger partial charge in [-0.1, -0.05) is 0 Å². The van der Waals surface area contributed by atoms with E-state index in [0.29, 0.717) is 6.04 Å². The number of carbonyl (C=O) groups is 1. The molecule has 0 spiro atoms. The molecule has 10 heavy (non-hydrogen) atoms. The molecule has 0 aromatic carbocycles. The van der Waals surface area contributed by atoms with E-state index in [4.69, 9.17) is 0 Å². The van der Waals surface area contributed by atoms with E-state index in [2.05, 4.69) is 11.6 Å². The lowest BCUT2D eigenvalue weighted by atomic mass is 10.2. The summed E-state index contributed by atoms with van der Waals surface area (Å²) >= 11 is 1.84. The Morgan fingerprint density at radius 1 is 1.80 bits per heavy atom. The molecule has 0 unspecified atom stereocenters. The van der Waals surface area contributed by atoms with E-state index in [1.54, 1.807) is 0 Å². The summed E-state index contributed by atoms with van der Waals surface area (Å²) in [6.45, 7) is 0. The zero-order valence-electron chi connectivity index (χ0n) is 6.22. The van der Waals surface area contributed by atoms with E-state index in [9.17, 15) is 4.79 Å². The first-order valence-corrected chi connectivity index (χ1v) is 5.00. The molecule has 1 fully saturated rings. The largest absolute Gasteiger partial charge is 0.353 e. The van der Waals surface area contributed by atoms with E-state index < -0.39 is 0 Å². The molecule has 1 aliphatic rings. The third-order valence-electron chi connectivity index (χ3n) is 1.76. The van der Waals surface area contributed by atoms with Gasteiger partial charge in [-0.3, -0.25) is 4.79 Å². The second-order valence-corrected chi connectivity index (χ2v) is 3.57. The molecule has 0 aliphatic carbocycles. The predicted molar refractivity (Wildman–Crippen MR) is 44.2 cm³/mol. The van der Waals surface area contributed by atoms with Crippen molar-refractivity contribution >= 4 is 17.7 Å². The van der Waals surface area contributed by atoms with E-state index >= 15 is 0 Å². The highest BCUT2D eigenvalue weighted by Gasteiger charge is 2.19. The molecular formula is C7H13NOS. The molecule has 0 aromatic rings. The van der Waals surface area contributed by atoms with Gasteiger partial charge < -0.3 is 5.32 Å². The van der Waals surface area contributed by atoms with Crippen LogP contribution in [-0.2, 0) is 4.79 Å². The summed E-state index contributed by atoms with van der Waals surface area (Å²) in [5.41, 5.74) is 0. The fraction of sp³-hybridized carbons (Fsp3) is 0.857. The second-order valence-electron chi connectivity index (χ2n) is 2.58. The Hall–Kier alpha value is -0.180. The van der Waals surface area contributed by atoms with E-state index in [1.807, 2.05) is 11.8 Å². The Balaban J connectivity index is 2.12. The standard InChI is InChI=1S/C7H13NOS/c1-10-5-4-6-2-3-7(9)8-6/h6H,2-5H2,1H3,(H,8,9)/t6-/m0/s1. The van der Waals surface area contributed by atoms with Gasteiger partial charge >= 0.3 is 0 Å². The molecule has 0 radical (unpaired) electrons. The number of amides is 1. The first-order chi connectivity index (χ1) is 4.83. The molecule has 3 heteroatoms. The molecule has 1 atom stereocenters. The minimum Gasteiger partial charge on any atom is -0.353 e. The third-order valence-corrected chi connectivity index (χ3v) is 2.40. The normalized spacial score (nSPS) is 24.9. The van der Waals surface area contributed by atoms with Gasteiger partial charge in [-0.15, -0.1) is 0 Å². The summed E-state index contributed by atoms with van der Waals surface area (Å²) in [6, 6.07) is 0.472. The van der Waals surface area contributed by atoms with Crippen LogP contribution >= 0.6 is 11.8 Å². The van der Waals surface area contributed by atoms with Crippen LogP contribution in [0.5, 0.6) is 0 Å². The van der Waals surface area contributed by atoms with Gasteiger partial charge in [-0.05, 0) is 24.9 Å². The van der Waals surface area contributed by atoms with Crippen molar-refractivity contribution in [1.82, 2.24) is 5.32 Å². The van der Waals surface area contributed by atoms with Crippen molar-refractivity contribution < 1.29 is 4.79 Å². The summed E-state index contributed by atoms with van der Waals surface area (Å²) in [6.07, 6.45) is 5.00. The van der Waals surface area contributed by atoms with E-state index in [1.165, 1.54) is 0 Å². The lowest BCUT2D eigenvalue weighted by molar-refractivity contribution is -0.119. The molecule has 1 saturated heterocycles. The minimum absolute atomic E-state index is 0.228. The summed E-state index contributed by atoms with van der Waals surface area (Å²) in [4.78, 5) is 10.7. The van der Waals surface area contributed by atoms with Gasteiger partial charge in [0.2, 0.25) is 5.91 Å². The predicted octanol–water partition coefficient (Wildman–Crippen LogP) is 1.02. The fourth-order valence-electron chi connectivity index (χ4n) is 1.15. The number of thioether (sulfide) groups is 1. The molecule has 1 amide bonds. The number of hydrogen-bond acceptors (Lipinski definition) is 2. The Bertz CT molecular complexity index is 127. The monoisotopic (exact) mass is 159 g/mol. The van der Waals surface area contributed by atoms with E-state index in [0.717, 1.165) is 25.0 Å². The van der Waals surface area contributed by atoms with E-state index in [-0.39, 0.29) is 5.91 Å². The Morgan fingerprint density at radius 2 is 2.60 bits per heavy atom. The van der Waals surface area contributed by atoms with Crippen LogP contribution in [0.3, 0.4) is 0 Å². The molecule has 1 heterocycles. The van der Waals surface area contributed by atoms with Crippen LogP contribution in [0.15, 0.2) is 0 Å². The molecule has 1 aliphatic heterocycles. The van der Waals surface area contributed by atoms with Gasteiger partial charge in [-0.25, -0.2) is 0 Å². The molecule has 0 aromatic heterocycles. The zero-order valence-corrected chi connectivity index (χ0v) is 7.04. The third kappa shape index (κ3) is 2.21. The highest BCUT2D eigenvalue weighted by atomic mass is 32.2. The smallest absolute Gasteiger partial charge is 0.220 e. The van der Waals surface area contributed by atoms with Gasteiger partial charge in [0.15, 0.2) is 0 Å². The molecule has 1 rings (SSSR count). The van der Waals surface area contributed by atoms with Crippen molar-refractivity contribution in [3.63, 3.8) is 0 Å². The highest BCUT2D eigenvalue weighted by Crippen LogP contribution is 2.11. The molecule has 1 N–H and O–H groups in total. The minimum atomic E-state index is 0.228. The summed E-state index contributed by atoms with van der Waals surface area (Å²) in [7, 11) is 0. The van der Waals surface area contributed by atoms with Crippen molar-refractivity contribution in [2.75, 3.05) is 12.0 Å². The van der Waals surface area contributed by atoms with Gasteiger partial charge in [0.25, 0.3) is 0 Å². The molecule has 0 saturated carbocycles. The maximum atomic E-state index is 10.7. The Labute approximate surface area is 65.8 Å². The number of hydrogen-bond donors (Lipinski definition) is 1.